The number of hydrogen-bond donors (Lipinski definition) is 1. The molecule has 0 atom stereocenters. The molecule has 94 valence electrons. The minimum Gasteiger partial charge on any atom is -0.449 e. The lowest BCUT2D eigenvalue weighted by molar-refractivity contribution is 0.281. The van der Waals surface area contributed by atoms with Gasteiger partial charge in [-0.25, -0.2) is 0 Å². The third-order valence-electron chi connectivity index (χ3n) is 3.70. The fourth-order valence-corrected chi connectivity index (χ4v) is 13.2. The Hall–Kier alpha value is -0.426. The molecule has 17 heavy (non-hydrogen) atoms. The van der Waals surface area contributed by atoms with Crippen LogP contribution in [-0.4, -0.2) is 21.7 Å². The third-order valence-corrected chi connectivity index (χ3v) is 11.5. The maximum atomic E-state index is 9.47. The van der Waals surface area contributed by atoms with Crippen molar-refractivity contribution in [3.63, 3.8) is 0 Å². The molecule has 0 saturated heterocycles. The molecule has 0 spiro atoms. The average Bonchev–Trinajstić information content (AvgIpc) is 2.42. The molecule has 1 aliphatic rings. The summed E-state index contributed by atoms with van der Waals surface area (Å²) in [6, 6.07) is 4.51. The summed E-state index contributed by atoms with van der Waals surface area (Å²) >= 11 is 0. The number of benzene rings is 1. The second-order valence-corrected chi connectivity index (χ2v) is 13.7. The van der Waals surface area contributed by atoms with E-state index in [9.17, 15) is 5.11 Å². The number of aliphatic hydroxyl groups is 1. The molecule has 4 heteroatoms. The van der Waals surface area contributed by atoms with Crippen LogP contribution in [0.3, 0.4) is 0 Å². The van der Waals surface area contributed by atoms with E-state index in [1.807, 2.05) is 0 Å². The predicted molar refractivity (Wildman–Crippen MR) is 77.1 cm³/mol. The quantitative estimate of drug-likeness (QED) is 0.824. The molecule has 1 aromatic rings. The summed E-state index contributed by atoms with van der Waals surface area (Å²) in [4.78, 5) is 0. The van der Waals surface area contributed by atoms with Crippen LogP contribution in [0.4, 0.5) is 0 Å². The molecular formula is C13H22O2Si2. The van der Waals surface area contributed by atoms with Crippen LogP contribution in [-0.2, 0) is 17.1 Å². The zero-order valence-corrected chi connectivity index (χ0v) is 13.4. The number of fused-ring (bicyclic) bond motifs is 1. The van der Waals surface area contributed by atoms with E-state index in [0.29, 0.717) is 0 Å². The molecule has 1 heterocycles. The van der Waals surface area contributed by atoms with Gasteiger partial charge in [-0.3, -0.25) is 0 Å². The van der Waals surface area contributed by atoms with E-state index in [1.54, 1.807) is 0 Å². The molecule has 0 radical (unpaired) electrons. The molecule has 0 saturated carbocycles. The van der Waals surface area contributed by atoms with Crippen LogP contribution in [0.2, 0.25) is 26.2 Å². The van der Waals surface area contributed by atoms with Crippen molar-refractivity contribution >= 4 is 27.0 Å². The summed E-state index contributed by atoms with van der Waals surface area (Å²) in [5.74, 6) is 0. The molecule has 0 unspecified atom stereocenters. The Morgan fingerprint density at radius 1 is 1.00 bits per heavy atom. The molecule has 0 bridgehead atoms. The van der Waals surface area contributed by atoms with Crippen LogP contribution in [0.25, 0.3) is 0 Å². The predicted octanol–water partition coefficient (Wildman–Crippen LogP) is 1.60. The van der Waals surface area contributed by atoms with E-state index < -0.39 is 16.6 Å². The molecule has 0 amide bonds. The third kappa shape index (κ3) is 2.03. The molecule has 0 fully saturated rings. The van der Waals surface area contributed by atoms with Crippen molar-refractivity contribution in [1.29, 1.82) is 0 Å². The van der Waals surface area contributed by atoms with Crippen molar-refractivity contribution in [2.45, 2.75) is 46.1 Å². The van der Waals surface area contributed by atoms with Crippen molar-refractivity contribution in [1.82, 2.24) is 0 Å². The maximum absolute atomic E-state index is 9.47. The zero-order valence-electron chi connectivity index (χ0n) is 11.4. The van der Waals surface area contributed by atoms with Gasteiger partial charge in [0.2, 0.25) is 16.6 Å². The highest BCUT2D eigenvalue weighted by Crippen LogP contribution is 2.23. The van der Waals surface area contributed by atoms with E-state index in [0.717, 1.165) is 12.0 Å². The minimum absolute atomic E-state index is 0.142. The van der Waals surface area contributed by atoms with Crippen molar-refractivity contribution in [3.8, 4) is 0 Å². The largest absolute Gasteiger partial charge is 0.449 e. The van der Waals surface area contributed by atoms with Crippen LogP contribution in [0.15, 0.2) is 12.1 Å². The van der Waals surface area contributed by atoms with Crippen molar-refractivity contribution in [2.75, 3.05) is 0 Å². The van der Waals surface area contributed by atoms with Gasteiger partial charge in [-0.1, -0.05) is 19.1 Å². The van der Waals surface area contributed by atoms with Gasteiger partial charge in [-0.2, -0.15) is 0 Å². The maximum Gasteiger partial charge on any atom is 0.206 e. The van der Waals surface area contributed by atoms with Gasteiger partial charge in [-0.05, 0) is 54.1 Å². The lowest BCUT2D eigenvalue weighted by atomic mass is 10.1. The number of rotatable bonds is 2. The Morgan fingerprint density at radius 3 is 1.88 bits per heavy atom. The fourth-order valence-electron chi connectivity index (χ4n) is 2.91. The minimum atomic E-state index is -1.73. The van der Waals surface area contributed by atoms with E-state index in [-0.39, 0.29) is 6.61 Å². The highest BCUT2D eigenvalue weighted by Gasteiger charge is 2.46. The van der Waals surface area contributed by atoms with Crippen LogP contribution < -0.4 is 10.4 Å². The Balaban J connectivity index is 2.67. The lowest BCUT2D eigenvalue weighted by Gasteiger charge is -2.22. The van der Waals surface area contributed by atoms with Crippen molar-refractivity contribution < 1.29 is 9.22 Å². The van der Waals surface area contributed by atoms with E-state index in [4.69, 9.17) is 4.12 Å². The van der Waals surface area contributed by atoms with Crippen LogP contribution in [0.5, 0.6) is 0 Å². The van der Waals surface area contributed by atoms with Gasteiger partial charge in [-0.15, -0.1) is 0 Å². The van der Waals surface area contributed by atoms with Gasteiger partial charge in [0.05, 0.1) is 6.61 Å². The molecule has 1 N–H and O–H groups in total. The summed E-state index contributed by atoms with van der Waals surface area (Å²) < 4.78 is 6.40. The normalized spacial score (nSPS) is 20.4. The van der Waals surface area contributed by atoms with Gasteiger partial charge in [0, 0.05) is 0 Å². The Labute approximate surface area is 106 Å². The highest BCUT2D eigenvalue weighted by atomic mass is 28.4. The van der Waals surface area contributed by atoms with Crippen LogP contribution in [0.1, 0.15) is 18.1 Å². The molecule has 2 nitrogen and oxygen atoms in total. The first kappa shape index (κ1) is 13.0. The SMILES string of the molecule is CCc1cc2c(cc1CO)[Si](C)(C)O[Si]2(C)C. The monoisotopic (exact) mass is 266 g/mol. The summed E-state index contributed by atoms with van der Waals surface area (Å²) in [5, 5.41) is 12.3. The average molecular weight is 266 g/mol. The van der Waals surface area contributed by atoms with Gasteiger partial charge < -0.3 is 9.22 Å². The van der Waals surface area contributed by atoms with Crippen LogP contribution >= 0.6 is 0 Å². The first-order valence-corrected chi connectivity index (χ1v) is 12.1. The molecule has 0 aromatic heterocycles. The summed E-state index contributed by atoms with van der Waals surface area (Å²) in [7, 11) is -3.43. The fraction of sp³-hybridized carbons (Fsp3) is 0.538. The lowest BCUT2D eigenvalue weighted by Crippen LogP contribution is -2.44. The summed E-state index contributed by atoms with van der Waals surface area (Å²) in [6.45, 7) is 11.4. The number of hydrogen-bond acceptors (Lipinski definition) is 2. The summed E-state index contributed by atoms with van der Waals surface area (Å²) in [5.41, 5.74) is 2.37. The van der Waals surface area contributed by atoms with Crippen LogP contribution in [0, 0.1) is 0 Å². The molecule has 1 aromatic carbocycles. The molecule has 0 aliphatic carbocycles. The van der Waals surface area contributed by atoms with Crippen molar-refractivity contribution in [2.24, 2.45) is 0 Å². The highest BCUT2D eigenvalue weighted by molar-refractivity contribution is 7.05. The Morgan fingerprint density at radius 2 is 1.47 bits per heavy atom. The Kier molecular flexibility index (Phi) is 3.10. The molecule has 2 rings (SSSR count). The molecular weight excluding hydrogens is 244 g/mol. The topological polar surface area (TPSA) is 29.5 Å². The second kappa shape index (κ2) is 4.05. The summed E-state index contributed by atoms with van der Waals surface area (Å²) in [6.07, 6.45) is 0.982. The van der Waals surface area contributed by atoms with Gasteiger partial charge in [0.15, 0.2) is 0 Å². The second-order valence-electron chi connectivity index (χ2n) is 5.80. The zero-order chi connectivity index (χ0) is 12.8. The van der Waals surface area contributed by atoms with E-state index in [1.165, 1.54) is 15.9 Å². The smallest absolute Gasteiger partial charge is 0.206 e. The van der Waals surface area contributed by atoms with Gasteiger partial charge >= 0.3 is 0 Å². The number of aliphatic hydroxyl groups excluding tert-OH is 1. The Bertz CT molecular complexity index is 412. The standard InChI is InChI=1S/C13H22O2Si2/c1-6-10-7-12-13(8-11(10)9-14)17(4,5)15-16(12,2)3/h7-8,14H,6,9H2,1-5H3. The first-order chi connectivity index (χ1) is 7.81. The van der Waals surface area contributed by atoms with Gasteiger partial charge in [0.25, 0.3) is 0 Å². The first-order valence-electron chi connectivity index (χ1n) is 6.29. The van der Waals surface area contributed by atoms with E-state index in [2.05, 4.69) is 45.2 Å². The van der Waals surface area contributed by atoms with E-state index >= 15 is 0 Å². The number of aryl methyl sites for hydroxylation is 1. The molecule has 1 aliphatic heterocycles. The van der Waals surface area contributed by atoms with Gasteiger partial charge in [0.1, 0.15) is 0 Å². The van der Waals surface area contributed by atoms with Crippen molar-refractivity contribution in [3.05, 3.63) is 23.3 Å².